The number of nitrogens with zero attached hydrogens (tertiary/aromatic N) is 2. The smallest absolute Gasteiger partial charge is 0.275 e. The van der Waals surface area contributed by atoms with Crippen molar-refractivity contribution in [2.45, 2.75) is 36.0 Å². The molecule has 1 heterocycles. The number of rotatable bonds is 3. The maximum atomic E-state index is 10.7. The van der Waals surface area contributed by atoms with Crippen molar-refractivity contribution in [3.63, 3.8) is 0 Å². The molecule has 0 atom stereocenters. The van der Waals surface area contributed by atoms with Gasteiger partial charge in [-0.15, -0.1) is 11.8 Å². The first-order chi connectivity index (χ1) is 7.65. The number of nitro groups is 1. The number of anilines is 1. The van der Waals surface area contributed by atoms with E-state index in [-0.39, 0.29) is 11.5 Å². The highest BCUT2D eigenvalue weighted by Crippen LogP contribution is 2.35. The number of nitrogen functional groups attached to an aromatic ring is 1. The van der Waals surface area contributed by atoms with Crippen molar-refractivity contribution in [3.05, 3.63) is 22.2 Å². The van der Waals surface area contributed by atoms with Crippen LogP contribution >= 0.6 is 11.8 Å². The summed E-state index contributed by atoms with van der Waals surface area (Å²) in [6.07, 6.45) is 4.80. The summed E-state index contributed by atoms with van der Waals surface area (Å²) in [4.78, 5) is 14.3. The van der Waals surface area contributed by atoms with E-state index in [0.29, 0.717) is 10.3 Å². The third-order valence-electron chi connectivity index (χ3n) is 2.61. The summed E-state index contributed by atoms with van der Waals surface area (Å²) in [5.41, 5.74) is 5.56. The summed E-state index contributed by atoms with van der Waals surface area (Å²) in [6.45, 7) is 0. The van der Waals surface area contributed by atoms with Gasteiger partial charge in [-0.1, -0.05) is 12.8 Å². The van der Waals surface area contributed by atoms with Crippen LogP contribution in [-0.2, 0) is 0 Å². The minimum absolute atomic E-state index is 0.0213. The van der Waals surface area contributed by atoms with E-state index in [1.807, 2.05) is 0 Å². The number of aromatic nitrogens is 1. The van der Waals surface area contributed by atoms with Crippen molar-refractivity contribution in [1.82, 2.24) is 4.98 Å². The molecule has 1 aromatic rings. The van der Waals surface area contributed by atoms with E-state index in [4.69, 9.17) is 5.73 Å². The molecule has 0 radical (unpaired) electrons. The first-order valence-corrected chi connectivity index (χ1v) is 6.12. The second-order valence-electron chi connectivity index (χ2n) is 3.87. The van der Waals surface area contributed by atoms with E-state index in [0.717, 1.165) is 12.8 Å². The molecule has 1 aliphatic carbocycles. The van der Waals surface area contributed by atoms with Gasteiger partial charge in [-0.2, -0.15) is 0 Å². The van der Waals surface area contributed by atoms with Crippen LogP contribution in [0.2, 0.25) is 0 Å². The fourth-order valence-corrected chi connectivity index (χ4v) is 3.11. The standard InChI is InChI=1S/C10H13N3O2S/c11-9-5-7(13(14)15)6-10(12-9)16-8-3-1-2-4-8/h5-6,8H,1-4H2,(H2,11,12). The molecular weight excluding hydrogens is 226 g/mol. The lowest BCUT2D eigenvalue weighted by Crippen LogP contribution is -1.99. The SMILES string of the molecule is Nc1cc([N+](=O)[O-])cc(SC2CCCC2)n1. The fourth-order valence-electron chi connectivity index (χ4n) is 1.85. The molecule has 0 aliphatic heterocycles. The quantitative estimate of drug-likeness (QED) is 0.647. The molecule has 0 unspecified atom stereocenters. The monoisotopic (exact) mass is 239 g/mol. The highest BCUT2D eigenvalue weighted by Gasteiger charge is 2.18. The van der Waals surface area contributed by atoms with Crippen molar-refractivity contribution in [3.8, 4) is 0 Å². The Morgan fingerprint density at radius 2 is 2.12 bits per heavy atom. The molecule has 0 bridgehead atoms. The molecule has 1 fully saturated rings. The molecule has 1 aromatic heterocycles. The Balaban J connectivity index is 2.16. The molecule has 0 saturated heterocycles. The topological polar surface area (TPSA) is 82.0 Å². The van der Waals surface area contributed by atoms with Crippen LogP contribution < -0.4 is 5.73 Å². The van der Waals surface area contributed by atoms with E-state index < -0.39 is 4.92 Å². The minimum atomic E-state index is -0.434. The van der Waals surface area contributed by atoms with Crippen LogP contribution in [0.4, 0.5) is 11.5 Å². The van der Waals surface area contributed by atoms with Crippen LogP contribution in [0.3, 0.4) is 0 Å². The van der Waals surface area contributed by atoms with E-state index in [1.54, 1.807) is 11.8 Å². The van der Waals surface area contributed by atoms with Gasteiger partial charge in [0.05, 0.1) is 11.0 Å². The van der Waals surface area contributed by atoms with Gasteiger partial charge in [0.2, 0.25) is 0 Å². The Bertz CT molecular complexity index is 405. The first kappa shape index (κ1) is 11.2. The van der Waals surface area contributed by atoms with Crippen molar-refractivity contribution in [2.75, 3.05) is 5.73 Å². The lowest BCUT2D eigenvalue weighted by molar-refractivity contribution is -0.385. The number of hydrogen-bond donors (Lipinski definition) is 1. The average Bonchev–Trinajstić information content (AvgIpc) is 2.69. The lowest BCUT2D eigenvalue weighted by atomic mass is 10.4. The summed E-state index contributed by atoms with van der Waals surface area (Å²) in [5.74, 6) is 0.217. The Morgan fingerprint density at radius 3 is 2.75 bits per heavy atom. The molecule has 6 heteroatoms. The van der Waals surface area contributed by atoms with Crippen LogP contribution in [0.1, 0.15) is 25.7 Å². The third kappa shape index (κ3) is 2.63. The number of hydrogen-bond acceptors (Lipinski definition) is 5. The van der Waals surface area contributed by atoms with E-state index >= 15 is 0 Å². The average molecular weight is 239 g/mol. The van der Waals surface area contributed by atoms with Gasteiger partial charge in [0, 0.05) is 11.3 Å². The highest BCUT2D eigenvalue weighted by atomic mass is 32.2. The Kier molecular flexibility index (Phi) is 3.28. The van der Waals surface area contributed by atoms with Gasteiger partial charge in [-0.05, 0) is 12.8 Å². The van der Waals surface area contributed by atoms with Crippen LogP contribution in [0.5, 0.6) is 0 Å². The fraction of sp³-hybridized carbons (Fsp3) is 0.500. The molecule has 0 aromatic carbocycles. The van der Waals surface area contributed by atoms with Crippen LogP contribution in [0, 0.1) is 10.1 Å². The normalized spacial score (nSPS) is 16.5. The Labute approximate surface area is 97.6 Å². The van der Waals surface area contributed by atoms with E-state index in [1.165, 1.54) is 25.0 Å². The molecule has 16 heavy (non-hydrogen) atoms. The minimum Gasteiger partial charge on any atom is -0.383 e. The second kappa shape index (κ2) is 4.69. The molecule has 5 nitrogen and oxygen atoms in total. The summed E-state index contributed by atoms with van der Waals surface area (Å²) in [7, 11) is 0. The third-order valence-corrected chi connectivity index (χ3v) is 3.86. The van der Waals surface area contributed by atoms with Crippen molar-refractivity contribution >= 4 is 23.3 Å². The van der Waals surface area contributed by atoms with Gasteiger partial charge < -0.3 is 5.73 Å². The summed E-state index contributed by atoms with van der Waals surface area (Å²) in [6, 6.07) is 2.79. The second-order valence-corrected chi connectivity index (χ2v) is 5.19. The summed E-state index contributed by atoms with van der Waals surface area (Å²) < 4.78 is 0. The van der Waals surface area contributed by atoms with Gasteiger partial charge >= 0.3 is 0 Å². The molecule has 1 saturated carbocycles. The zero-order valence-corrected chi connectivity index (χ0v) is 9.57. The number of nitrogens with two attached hydrogens (primary N) is 1. The molecule has 0 spiro atoms. The largest absolute Gasteiger partial charge is 0.383 e. The zero-order chi connectivity index (χ0) is 11.5. The molecule has 2 rings (SSSR count). The van der Waals surface area contributed by atoms with Gasteiger partial charge in [-0.25, -0.2) is 4.98 Å². The first-order valence-electron chi connectivity index (χ1n) is 5.24. The van der Waals surface area contributed by atoms with E-state index in [9.17, 15) is 10.1 Å². The van der Waals surface area contributed by atoms with Crippen molar-refractivity contribution in [2.24, 2.45) is 0 Å². The number of thioether (sulfide) groups is 1. The Hall–Kier alpha value is -1.30. The predicted octanol–water partition coefficient (Wildman–Crippen LogP) is 2.61. The summed E-state index contributed by atoms with van der Waals surface area (Å²) in [5, 5.41) is 11.9. The van der Waals surface area contributed by atoms with Gasteiger partial charge in [0.15, 0.2) is 0 Å². The Morgan fingerprint density at radius 1 is 1.44 bits per heavy atom. The molecule has 0 amide bonds. The van der Waals surface area contributed by atoms with Crippen molar-refractivity contribution < 1.29 is 4.92 Å². The van der Waals surface area contributed by atoms with Crippen LogP contribution in [0.15, 0.2) is 17.2 Å². The molecular formula is C10H13N3O2S. The number of pyridine rings is 1. The maximum Gasteiger partial charge on any atom is 0.275 e. The van der Waals surface area contributed by atoms with Gasteiger partial charge in [0.25, 0.3) is 5.69 Å². The van der Waals surface area contributed by atoms with Crippen molar-refractivity contribution in [1.29, 1.82) is 0 Å². The summed E-state index contributed by atoms with van der Waals surface area (Å²) >= 11 is 1.60. The predicted molar refractivity (Wildman–Crippen MR) is 63.4 cm³/mol. The lowest BCUT2D eigenvalue weighted by Gasteiger charge is -2.07. The molecule has 1 aliphatic rings. The van der Waals surface area contributed by atoms with Crippen LogP contribution in [-0.4, -0.2) is 15.2 Å². The van der Waals surface area contributed by atoms with Gasteiger partial charge in [0.1, 0.15) is 10.8 Å². The van der Waals surface area contributed by atoms with Crippen LogP contribution in [0.25, 0.3) is 0 Å². The molecule has 2 N–H and O–H groups in total. The van der Waals surface area contributed by atoms with Gasteiger partial charge in [-0.3, -0.25) is 10.1 Å². The van der Waals surface area contributed by atoms with E-state index in [2.05, 4.69) is 4.98 Å². The maximum absolute atomic E-state index is 10.7. The highest BCUT2D eigenvalue weighted by molar-refractivity contribution is 7.99. The zero-order valence-electron chi connectivity index (χ0n) is 8.76. The molecule has 86 valence electrons.